The maximum absolute atomic E-state index is 5.85. The Morgan fingerprint density at radius 3 is 2.52 bits per heavy atom. The quantitative estimate of drug-likeness (QED) is 0.342. The zero-order valence-corrected chi connectivity index (χ0v) is 14.4. The van der Waals surface area contributed by atoms with Crippen LogP contribution in [0.3, 0.4) is 0 Å². The molecule has 2 aromatic rings. The number of nitrogens with one attached hydrogen (secondary N) is 1. The minimum absolute atomic E-state index is 0.527. The molecule has 23 heavy (non-hydrogen) atoms. The van der Waals surface area contributed by atoms with E-state index in [1.165, 1.54) is 16.4 Å². The van der Waals surface area contributed by atoms with Crippen LogP contribution in [0.25, 0.3) is 0 Å². The van der Waals surface area contributed by atoms with Gasteiger partial charge in [0, 0.05) is 18.2 Å². The van der Waals surface area contributed by atoms with E-state index in [4.69, 9.17) is 20.1 Å². The molecule has 0 radical (unpaired) electrons. The molecular weight excluding hydrogens is 316 g/mol. The van der Waals surface area contributed by atoms with Gasteiger partial charge in [0.25, 0.3) is 5.82 Å². The number of hydrogen-bond donors (Lipinski definition) is 2. The Kier molecular flexibility index (Phi) is 5.75. The lowest BCUT2D eigenvalue weighted by Crippen LogP contribution is -2.47. The molecule has 0 spiro atoms. The van der Waals surface area contributed by atoms with Crippen molar-refractivity contribution in [2.24, 2.45) is 0 Å². The van der Waals surface area contributed by atoms with E-state index in [0.29, 0.717) is 23.3 Å². The van der Waals surface area contributed by atoms with Crippen LogP contribution in [-0.4, -0.2) is 32.6 Å². The summed E-state index contributed by atoms with van der Waals surface area (Å²) in [5, 5.41) is 3.93. The van der Waals surface area contributed by atoms with E-state index in [1.54, 1.807) is 27.5 Å². The first-order valence-electron chi connectivity index (χ1n) is 6.87. The molecule has 1 aromatic heterocycles. The number of hydrogen-bond acceptors (Lipinski definition) is 7. The predicted molar refractivity (Wildman–Crippen MR) is 89.8 cm³/mol. The molecule has 0 saturated carbocycles. The second-order valence-electron chi connectivity index (χ2n) is 4.58. The molecular formula is C15H21N4O3S+. The smallest absolute Gasteiger partial charge is 0.384 e. The van der Waals surface area contributed by atoms with Crippen LogP contribution in [-0.2, 0) is 6.54 Å². The number of anilines is 1. The van der Waals surface area contributed by atoms with Crippen molar-refractivity contribution in [3.8, 4) is 17.2 Å². The van der Waals surface area contributed by atoms with Gasteiger partial charge in [-0.25, -0.2) is 0 Å². The van der Waals surface area contributed by atoms with Gasteiger partial charge in [-0.3, -0.25) is 5.84 Å². The van der Waals surface area contributed by atoms with Crippen molar-refractivity contribution in [1.29, 1.82) is 0 Å². The molecule has 0 amide bonds. The van der Waals surface area contributed by atoms with Crippen molar-refractivity contribution in [1.82, 2.24) is 4.98 Å². The highest BCUT2D eigenvalue weighted by molar-refractivity contribution is 7.98. The second kappa shape index (κ2) is 7.77. The van der Waals surface area contributed by atoms with Crippen LogP contribution in [0.1, 0.15) is 5.56 Å². The third kappa shape index (κ3) is 3.89. The van der Waals surface area contributed by atoms with E-state index < -0.39 is 0 Å². The number of nitrogens with two attached hydrogens (primary N) is 1. The number of ether oxygens (including phenoxy) is 3. The molecule has 0 aliphatic heterocycles. The van der Waals surface area contributed by atoms with Crippen molar-refractivity contribution in [2.75, 3.05) is 38.7 Å². The molecule has 1 heterocycles. The Bertz CT molecular complexity index is 682. The fourth-order valence-corrected chi connectivity index (χ4v) is 2.50. The molecule has 3 N–H and O–H groups in total. The lowest BCUT2D eigenvalue weighted by atomic mass is 10.2. The lowest BCUT2D eigenvalue weighted by molar-refractivity contribution is -0.682. The average molecular weight is 337 g/mol. The van der Waals surface area contributed by atoms with Gasteiger partial charge in [-0.15, -0.1) is 4.68 Å². The Hall–Kier alpha value is -2.35. The third-order valence-corrected chi connectivity index (χ3v) is 3.93. The summed E-state index contributed by atoms with van der Waals surface area (Å²) in [6.07, 6.45) is 3.60. The number of aromatic nitrogens is 2. The fourth-order valence-electron chi connectivity index (χ4n) is 2.06. The topological polar surface area (TPSA) is 82.5 Å². The highest BCUT2D eigenvalue weighted by Gasteiger charge is 2.19. The van der Waals surface area contributed by atoms with Gasteiger partial charge >= 0.3 is 5.16 Å². The van der Waals surface area contributed by atoms with Gasteiger partial charge in [-0.05, 0) is 35.1 Å². The maximum atomic E-state index is 5.85. The summed E-state index contributed by atoms with van der Waals surface area (Å²) >= 11 is 1.45. The summed E-state index contributed by atoms with van der Waals surface area (Å²) in [6, 6.07) is 5.67. The molecule has 0 unspecified atom stereocenters. The van der Waals surface area contributed by atoms with Crippen molar-refractivity contribution >= 4 is 17.6 Å². The van der Waals surface area contributed by atoms with E-state index in [1.807, 2.05) is 24.5 Å². The fraction of sp³-hybridized carbons (Fsp3) is 0.333. The van der Waals surface area contributed by atoms with Crippen LogP contribution in [0.2, 0.25) is 0 Å². The summed E-state index contributed by atoms with van der Waals surface area (Å²) in [5.74, 6) is 8.53. The van der Waals surface area contributed by atoms with Crippen molar-refractivity contribution in [3.05, 3.63) is 30.0 Å². The third-order valence-electron chi connectivity index (χ3n) is 3.26. The molecule has 0 fully saturated rings. The van der Waals surface area contributed by atoms with E-state index in [-0.39, 0.29) is 0 Å². The SMILES string of the molecule is COc1ccc(CNc2nc(SC)[n+](N)cc2OC)c(OC)c1. The molecule has 8 heteroatoms. The zero-order chi connectivity index (χ0) is 16.8. The molecule has 7 nitrogen and oxygen atoms in total. The van der Waals surface area contributed by atoms with Gasteiger partial charge in [0.15, 0.2) is 6.20 Å². The number of thioether (sulfide) groups is 1. The first kappa shape index (κ1) is 17.0. The van der Waals surface area contributed by atoms with Crippen molar-refractivity contribution < 1.29 is 18.9 Å². The molecule has 1 aromatic carbocycles. The highest BCUT2D eigenvalue weighted by Crippen LogP contribution is 2.27. The standard InChI is InChI=1S/C15H20N4O3S/c1-20-11-6-5-10(12(7-11)21-2)8-17-14-13(22-3)9-19(16)15(18-14)23-4/h5-7,9H,8,16H2,1-4H3/p+1. The van der Waals surface area contributed by atoms with Crippen molar-refractivity contribution in [2.45, 2.75) is 11.7 Å². The molecule has 0 bridgehead atoms. The van der Waals surface area contributed by atoms with Crippen LogP contribution < -0.4 is 30.0 Å². The first-order chi connectivity index (χ1) is 11.1. The molecule has 124 valence electrons. The normalized spacial score (nSPS) is 10.3. The van der Waals surface area contributed by atoms with Crippen LogP contribution >= 0.6 is 11.8 Å². The Balaban J connectivity index is 2.23. The summed E-state index contributed by atoms with van der Waals surface area (Å²) in [7, 11) is 4.83. The largest absolute Gasteiger partial charge is 0.497 e. The number of nitrogens with zero attached hydrogens (tertiary/aromatic N) is 2. The summed E-state index contributed by atoms with van der Waals surface area (Å²) < 4.78 is 17.4. The number of benzene rings is 1. The van der Waals surface area contributed by atoms with Crippen molar-refractivity contribution in [3.63, 3.8) is 0 Å². The minimum Gasteiger partial charge on any atom is -0.497 e. The van der Waals surface area contributed by atoms with E-state index in [9.17, 15) is 0 Å². The van der Waals surface area contributed by atoms with Gasteiger partial charge in [-0.2, -0.15) is 0 Å². The Labute approximate surface area is 139 Å². The Morgan fingerprint density at radius 1 is 1.17 bits per heavy atom. The van der Waals surface area contributed by atoms with Crippen LogP contribution in [0, 0.1) is 0 Å². The van der Waals surface area contributed by atoms with Gasteiger partial charge in [0.1, 0.15) is 11.5 Å². The number of nitrogen functional groups attached to an aromatic ring is 1. The molecule has 0 aliphatic rings. The van der Waals surface area contributed by atoms with Gasteiger partial charge in [0.05, 0.1) is 21.3 Å². The molecule has 0 saturated heterocycles. The molecule has 2 rings (SSSR count). The van der Waals surface area contributed by atoms with E-state index >= 15 is 0 Å². The van der Waals surface area contributed by atoms with E-state index in [2.05, 4.69) is 10.3 Å². The number of methoxy groups -OCH3 is 3. The average Bonchev–Trinajstić information content (AvgIpc) is 2.60. The summed E-state index contributed by atoms with van der Waals surface area (Å²) in [4.78, 5) is 4.47. The van der Waals surface area contributed by atoms with Gasteiger partial charge in [0.2, 0.25) is 5.75 Å². The first-order valence-corrected chi connectivity index (χ1v) is 8.10. The maximum Gasteiger partial charge on any atom is 0.384 e. The number of rotatable bonds is 7. The van der Waals surface area contributed by atoms with Crippen LogP contribution in [0.5, 0.6) is 17.2 Å². The predicted octanol–water partition coefficient (Wildman–Crippen LogP) is 1.44. The van der Waals surface area contributed by atoms with Crippen LogP contribution in [0.15, 0.2) is 29.6 Å². The summed E-state index contributed by atoms with van der Waals surface area (Å²) in [6.45, 7) is 0.527. The highest BCUT2D eigenvalue weighted by atomic mass is 32.2. The van der Waals surface area contributed by atoms with Gasteiger partial charge in [-0.1, -0.05) is 0 Å². The second-order valence-corrected chi connectivity index (χ2v) is 5.36. The molecule has 0 atom stereocenters. The zero-order valence-electron chi connectivity index (χ0n) is 13.6. The van der Waals surface area contributed by atoms with Crippen LogP contribution in [0.4, 0.5) is 5.82 Å². The monoisotopic (exact) mass is 337 g/mol. The minimum atomic E-state index is 0.527. The molecule has 0 aliphatic carbocycles. The lowest BCUT2D eigenvalue weighted by Gasteiger charge is -2.11. The summed E-state index contributed by atoms with van der Waals surface area (Å²) in [5.41, 5.74) is 0.979. The van der Waals surface area contributed by atoms with E-state index in [0.717, 1.165) is 17.1 Å². The Morgan fingerprint density at radius 2 is 1.91 bits per heavy atom. The van der Waals surface area contributed by atoms with Gasteiger partial charge < -0.3 is 19.5 Å².